The van der Waals surface area contributed by atoms with Crippen LogP contribution in [0.25, 0.3) is 0 Å². The van der Waals surface area contributed by atoms with Crippen molar-refractivity contribution in [3.05, 3.63) is 0 Å². The van der Waals surface area contributed by atoms with E-state index in [4.69, 9.17) is 5.73 Å². The Morgan fingerprint density at radius 1 is 1.30 bits per heavy atom. The third kappa shape index (κ3) is 4.92. The van der Waals surface area contributed by atoms with Gasteiger partial charge >= 0.3 is 0 Å². The molecule has 1 atom stereocenters. The van der Waals surface area contributed by atoms with Gasteiger partial charge in [-0.3, -0.25) is 4.79 Å². The normalized spacial score (nSPS) is 24.1. The molecule has 0 aromatic heterocycles. The summed E-state index contributed by atoms with van der Waals surface area (Å²) in [5, 5.41) is 12.6. The third-order valence-corrected chi connectivity index (χ3v) is 5.61. The Kier molecular flexibility index (Phi) is 6.43. The lowest BCUT2D eigenvalue weighted by molar-refractivity contribution is -0.124. The van der Waals surface area contributed by atoms with Gasteiger partial charge in [0, 0.05) is 19.1 Å². The fraction of sp³-hybridized carbons (Fsp3) is 0.889. The number of carbonyl (C=O) groups is 1. The second-order valence-corrected chi connectivity index (χ2v) is 7.66. The van der Waals surface area contributed by atoms with Gasteiger partial charge in [0.15, 0.2) is 0 Å². The number of hydrogen-bond acceptors (Lipinski definition) is 4. The molecule has 23 heavy (non-hydrogen) atoms. The Morgan fingerprint density at radius 3 is 2.43 bits per heavy atom. The van der Waals surface area contributed by atoms with Crippen LogP contribution < -0.4 is 11.1 Å². The molecule has 1 amide bonds. The number of piperidine rings is 1. The molecule has 5 heteroatoms. The molecule has 2 rings (SSSR count). The average molecular weight is 320 g/mol. The number of nitriles is 1. The number of hydrogen-bond donors (Lipinski definition) is 2. The first-order valence-corrected chi connectivity index (χ1v) is 9.19. The zero-order chi connectivity index (χ0) is 16.9. The van der Waals surface area contributed by atoms with Crippen LogP contribution >= 0.6 is 0 Å². The van der Waals surface area contributed by atoms with E-state index in [0.29, 0.717) is 24.8 Å². The monoisotopic (exact) mass is 320 g/mol. The molecule has 0 aromatic rings. The molecule has 1 heterocycles. The number of rotatable bonds is 5. The summed E-state index contributed by atoms with van der Waals surface area (Å²) in [6.07, 6.45) is 8.32. The lowest BCUT2D eigenvalue weighted by atomic mass is 9.84. The zero-order valence-corrected chi connectivity index (χ0v) is 14.7. The molecule has 5 nitrogen and oxygen atoms in total. The van der Waals surface area contributed by atoms with Crippen LogP contribution in [-0.2, 0) is 4.79 Å². The van der Waals surface area contributed by atoms with Crippen molar-refractivity contribution in [3.8, 4) is 6.07 Å². The van der Waals surface area contributed by atoms with E-state index in [1.54, 1.807) is 0 Å². The Hall–Kier alpha value is -1.12. The van der Waals surface area contributed by atoms with Crippen LogP contribution in [0, 0.1) is 17.2 Å². The molecule has 0 radical (unpaired) electrons. The quantitative estimate of drug-likeness (QED) is 0.813. The van der Waals surface area contributed by atoms with Crippen LogP contribution in [0.4, 0.5) is 0 Å². The maximum atomic E-state index is 12.5. The number of nitrogens with zero attached hydrogens (tertiary/aromatic N) is 2. The van der Waals surface area contributed by atoms with Gasteiger partial charge in [-0.05, 0) is 39.0 Å². The van der Waals surface area contributed by atoms with Gasteiger partial charge in [0.05, 0.1) is 12.1 Å². The van der Waals surface area contributed by atoms with Gasteiger partial charge in [-0.1, -0.05) is 32.1 Å². The maximum Gasteiger partial charge on any atom is 0.238 e. The van der Waals surface area contributed by atoms with Crippen molar-refractivity contribution in [2.75, 3.05) is 13.1 Å². The van der Waals surface area contributed by atoms with Gasteiger partial charge in [0.1, 0.15) is 5.54 Å². The van der Waals surface area contributed by atoms with Crippen molar-refractivity contribution < 1.29 is 4.79 Å². The smallest absolute Gasteiger partial charge is 0.238 e. The predicted octanol–water partition coefficient (Wildman–Crippen LogP) is 2.17. The summed E-state index contributed by atoms with van der Waals surface area (Å²) >= 11 is 0. The fourth-order valence-electron chi connectivity index (χ4n) is 3.90. The van der Waals surface area contributed by atoms with Crippen LogP contribution in [0.3, 0.4) is 0 Å². The highest BCUT2D eigenvalue weighted by Gasteiger charge is 2.37. The minimum Gasteiger partial charge on any atom is -0.336 e. The van der Waals surface area contributed by atoms with Crippen LogP contribution in [-0.4, -0.2) is 41.5 Å². The van der Waals surface area contributed by atoms with E-state index in [1.807, 2.05) is 0 Å². The van der Waals surface area contributed by atoms with Crippen LogP contribution in [0.5, 0.6) is 0 Å². The first kappa shape index (κ1) is 18.2. The Labute approximate surface area is 140 Å². The van der Waals surface area contributed by atoms with Gasteiger partial charge in [-0.25, -0.2) is 0 Å². The van der Waals surface area contributed by atoms with Gasteiger partial charge in [0.2, 0.25) is 5.91 Å². The van der Waals surface area contributed by atoms with Crippen molar-refractivity contribution in [2.24, 2.45) is 11.7 Å². The van der Waals surface area contributed by atoms with E-state index in [1.165, 1.54) is 32.1 Å². The number of carbonyl (C=O) groups excluding carboxylic acids is 1. The van der Waals surface area contributed by atoms with Crippen molar-refractivity contribution >= 4 is 5.91 Å². The second kappa shape index (κ2) is 8.12. The van der Waals surface area contributed by atoms with E-state index < -0.39 is 11.6 Å². The molecular weight excluding hydrogens is 288 g/mol. The molecule has 3 N–H and O–H groups in total. The summed E-state index contributed by atoms with van der Waals surface area (Å²) in [4.78, 5) is 14.8. The molecule has 0 spiro atoms. The molecule has 1 saturated heterocycles. The Morgan fingerprint density at radius 2 is 1.91 bits per heavy atom. The van der Waals surface area contributed by atoms with Gasteiger partial charge in [0.25, 0.3) is 0 Å². The van der Waals surface area contributed by atoms with Crippen molar-refractivity contribution in [2.45, 2.75) is 82.8 Å². The summed E-state index contributed by atoms with van der Waals surface area (Å²) in [7, 11) is 0. The highest BCUT2D eigenvalue weighted by Crippen LogP contribution is 2.28. The molecule has 2 fully saturated rings. The largest absolute Gasteiger partial charge is 0.336 e. The lowest BCUT2D eigenvalue weighted by Gasteiger charge is -2.40. The van der Waals surface area contributed by atoms with E-state index >= 15 is 0 Å². The summed E-state index contributed by atoms with van der Waals surface area (Å²) in [5.74, 6) is 0.431. The highest BCUT2D eigenvalue weighted by atomic mass is 16.2. The average Bonchev–Trinajstić information content (AvgIpc) is 2.56. The second-order valence-electron chi connectivity index (χ2n) is 7.66. The number of amides is 1. The molecule has 1 unspecified atom stereocenters. The molecule has 2 aliphatic rings. The van der Waals surface area contributed by atoms with Crippen molar-refractivity contribution in [1.29, 1.82) is 5.26 Å². The zero-order valence-electron chi connectivity index (χ0n) is 14.7. The topological polar surface area (TPSA) is 82.2 Å². The van der Waals surface area contributed by atoms with Crippen molar-refractivity contribution in [3.63, 3.8) is 0 Å². The van der Waals surface area contributed by atoms with Crippen LogP contribution in [0.15, 0.2) is 0 Å². The van der Waals surface area contributed by atoms with Gasteiger partial charge in [-0.15, -0.1) is 0 Å². The maximum absolute atomic E-state index is 12.5. The van der Waals surface area contributed by atoms with Crippen molar-refractivity contribution in [1.82, 2.24) is 10.2 Å². The number of nitrogens with two attached hydrogens (primary N) is 1. The molecule has 1 aliphatic carbocycles. The molecule has 1 aliphatic heterocycles. The fourth-order valence-corrected chi connectivity index (χ4v) is 3.90. The minimum absolute atomic E-state index is 0.143. The SMILES string of the molecule is CC(C)N1CCC(C#N)(NC(=O)C(N)CC2CCCCC2)CC1. The van der Waals surface area contributed by atoms with Gasteiger partial charge in [-0.2, -0.15) is 5.26 Å². The van der Waals surface area contributed by atoms with E-state index in [-0.39, 0.29) is 5.91 Å². The summed E-state index contributed by atoms with van der Waals surface area (Å²) < 4.78 is 0. The summed E-state index contributed by atoms with van der Waals surface area (Å²) in [5.41, 5.74) is 5.39. The standard InChI is InChI=1S/C18H32N4O/c1-14(2)22-10-8-18(13-19,9-11-22)21-17(23)16(20)12-15-6-4-3-5-7-15/h14-16H,3-12,20H2,1-2H3,(H,21,23). The summed E-state index contributed by atoms with van der Waals surface area (Å²) in [6.45, 7) is 6.03. The Bertz CT molecular complexity index is 429. The first-order valence-electron chi connectivity index (χ1n) is 9.19. The number of likely N-dealkylation sites (tertiary alicyclic amines) is 1. The first-order chi connectivity index (χ1) is 11.0. The molecule has 1 saturated carbocycles. The van der Waals surface area contributed by atoms with Gasteiger partial charge < -0.3 is 16.0 Å². The summed E-state index contributed by atoms with van der Waals surface area (Å²) in [6, 6.07) is 2.35. The van der Waals surface area contributed by atoms with Crippen LogP contribution in [0.2, 0.25) is 0 Å². The van der Waals surface area contributed by atoms with E-state index in [9.17, 15) is 10.1 Å². The van der Waals surface area contributed by atoms with E-state index in [0.717, 1.165) is 19.5 Å². The third-order valence-electron chi connectivity index (χ3n) is 5.61. The predicted molar refractivity (Wildman–Crippen MR) is 91.6 cm³/mol. The molecule has 0 aromatic carbocycles. The molecular formula is C18H32N4O. The molecule has 0 bridgehead atoms. The highest BCUT2D eigenvalue weighted by molar-refractivity contribution is 5.82. The van der Waals surface area contributed by atoms with Crippen LogP contribution in [0.1, 0.15) is 65.2 Å². The minimum atomic E-state index is -0.730. The number of nitrogens with one attached hydrogen (secondary N) is 1. The Balaban J connectivity index is 1.85. The van der Waals surface area contributed by atoms with E-state index in [2.05, 4.69) is 30.1 Å². The molecule has 130 valence electrons. The lowest BCUT2D eigenvalue weighted by Crippen LogP contribution is -2.58.